The predicted molar refractivity (Wildman–Crippen MR) is 109 cm³/mol. The SMILES string of the molecule is CC/C=C\C/C=C\C/C=C\CCCCCCCC(=O)OCCN(C)C. The lowest BCUT2D eigenvalue weighted by Gasteiger charge is -2.09. The number of nitrogens with zero attached hydrogens (tertiary/aromatic N) is 1. The van der Waals surface area contributed by atoms with Gasteiger partial charge in [0.15, 0.2) is 0 Å². The van der Waals surface area contributed by atoms with Crippen LogP contribution in [0.3, 0.4) is 0 Å². The van der Waals surface area contributed by atoms with Crippen LogP contribution in [-0.4, -0.2) is 38.1 Å². The number of hydrogen-bond acceptors (Lipinski definition) is 3. The maximum absolute atomic E-state index is 11.5. The molecule has 0 N–H and O–H groups in total. The highest BCUT2D eigenvalue weighted by molar-refractivity contribution is 5.69. The molecule has 144 valence electrons. The average Bonchev–Trinajstić information content (AvgIpc) is 2.58. The third-order valence-electron chi connectivity index (χ3n) is 3.83. The van der Waals surface area contributed by atoms with E-state index in [0.717, 1.165) is 45.1 Å². The lowest BCUT2D eigenvalue weighted by atomic mass is 10.1. The van der Waals surface area contributed by atoms with E-state index in [2.05, 4.69) is 43.4 Å². The van der Waals surface area contributed by atoms with E-state index in [9.17, 15) is 4.79 Å². The van der Waals surface area contributed by atoms with Crippen molar-refractivity contribution in [3.05, 3.63) is 36.5 Å². The van der Waals surface area contributed by atoms with Crippen molar-refractivity contribution in [1.82, 2.24) is 4.90 Å². The molecule has 0 rings (SSSR count). The van der Waals surface area contributed by atoms with Crippen LogP contribution in [0.25, 0.3) is 0 Å². The molecule has 0 spiro atoms. The Morgan fingerprint density at radius 2 is 1.44 bits per heavy atom. The molecule has 0 saturated heterocycles. The average molecular weight is 350 g/mol. The zero-order chi connectivity index (χ0) is 18.6. The molecule has 0 aromatic carbocycles. The minimum absolute atomic E-state index is 0.0528. The van der Waals surface area contributed by atoms with Gasteiger partial charge < -0.3 is 9.64 Å². The molecule has 0 aliphatic heterocycles. The van der Waals surface area contributed by atoms with Crippen molar-refractivity contribution in [1.29, 1.82) is 0 Å². The van der Waals surface area contributed by atoms with Gasteiger partial charge in [0, 0.05) is 13.0 Å². The van der Waals surface area contributed by atoms with Crippen LogP contribution in [0, 0.1) is 0 Å². The van der Waals surface area contributed by atoms with Crippen LogP contribution in [0.2, 0.25) is 0 Å². The Kier molecular flexibility index (Phi) is 18.0. The first-order valence-electron chi connectivity index (χ1n) is 9.92. The van der Waals surface area contributed by atoms with Crippen LogP contribution in [0.1, 0.15) is 71.1 Å². The second kappa shape index (κ2) is 19.0. The van der Waals surface area contributed by atoms with Gasteiger partial charge in [-0.3, -0.25) is 4.79 Å². The quantitative estimate of drug-likeness (QED) is 0.204. The van der Waals surface area contributed by atoms with Gasteiger partial charge >= 0.3 is 5.97 Å². The molecule has 0 heterocycles. The van der Waals surface area contributed by atoms with Gasteiger partial charge in [-0.05, 0) is 52.6 Å². The standard InChI is InChI=1S/C22H39NO2/c1-4-5-6-7-8-9-10-11-12-13-14-15-16-17-18-19-22(24)25-21-20-23(2)3/h5-6,8-9,11-12H,4,7,10,13-21H2,1-3H3/b6-5-,9-8-,12-11-. The maximum Gasteiger partial charge on any atom is 0.305 e. The summed E-state index contributed by atoms with van der Waals surface area (Å²) >= 11 is 0. The molecule has 0 aromatic rings. The van der Waals surface area contributed by atoms with Crippen LogP contribution in [0.15, 0.2) is 36.5 Å². The lowest BCUT2D eigenvalue weighted by Crippen LogP contribution is -2.20. The summed E-state index contributed by atoms with van der Waals surface area (Å²) in [4.78, 5) is 13.5. The largest absolute Gasteiger partial charge is 0.464 e. The highest BCUT2D eigenvalue weighted by Gasteiger charge is 2.02. The molecule has 3 nitrogen and oxygen atoms in total. The molecule has 0 bridgehead atoms. The first kappa shape index (κ1) is 23.6. The minimum Gasteiger partial charge on any atom is -0.464 e. The zero-order valence-electron chi connectivity index (χ0n) is 16.7. The molecular weight excluding hydrogens is 310 g/mol. The Morgan fingerprint density at radius 1 is 0.840 bits per heavy atom. The van der Waals surface area contributed by atoms with Crippen LogP contribution >= 0.6 is 0 Å². The molecule has 0 saturated carbocycles. The van der Waals surface area contributed by atoms with Gasteiger partial charge in [-0.25, -0.2) is 0 Å². The number of likely N-dealkylation sites (N-methyl/N-ethyl adjacent to an activating group) is 1. The van der Waals surface area contributed by atoms with Crippen molar-refractivity contribution in [2.45, 2.75) is 71.1 Å². The van der Waals surface area contributed by atoms with Crippen molar-refractivity contribution in [3.63, 3.8) is 0 Å². The lowest BCUT2D eigenvalue weighted by molar-refractivity contribution is -0.144. The van der Waals surface area contributed by atoms with Gasteiger partial charge in [-0.1, -0.05) is 62.6 Å². The summed E-state index contributed by atoms with van der Waals surface area (Å²) < 4.78 is 5.17. The first-order chi connectivity index (χ1) is 12.2. The summed E-state index contributed by atoms with van der Waals surface area (Å²) in [6.45, 7) is 3.46. The Labute approximate surface area is 155 Å². The summed E-state index contributed by atoms with van der Waals surface area (Å²) in [7, 11) is 3.96. The number of allylic oxidation sites excluding steroid dienone is 6. The topological polar surface area (TPSA) is 29.5 Å². The number of unbranched alkanes of at least 4 members (excludes halogenated alkanes) is 5. The van der Waals surface area contributed by atoms with Gasteiger partial charge in [-0.2, -0.15) is 0 Å². The molecule has 25 heavy (non-hydrogen) atoms. The van der Waals surface area contributed by atoms with Crippen molar-refractivity contribution >= 4 is 5.97 Å². The Bertz CT molecular complexity index is 383. The van der Waals surface area contributed by atoms with Gasteiger partial charge in [-0.15, -0.1) is 0 Å². The van der Waals surface area contributed by atoms with Crippen LogP contribution in [0.4, 0.5) is 0 Å². The van der Waals surface area contributed by atoms with E-state index in [1.165, 1.54) is 19.3 Å². The van der Waals surface area contributed by atoms with Gasteiger partial charge in [0.2, 0.25) is 0 Å². The highest BCUT2D eigenvalue weighted by Crippen LogP contribution is 2.08. The molecule has 0 radical (unpaired) electrons. The summed E-state index contributed by atoms with van der Waals surface area (Å²) in [5.41, 5.74) is 0. The van der Waals surface area contributed by atoms with E-state index in [0.29, 0.717) is 13.0 Å². The number of rotatable bonds is 16. The molecule has 0 amide bonds. The number of carbonyl (C=O) groups is 1. The Hall–Kier alpha value is -1.35. The summed E-state index contributed by atoms with van der Waals surface area (Å²) in [5.74, 6) is -0.0528. The second-order valence-corrected chi connectivity index (χ2v) is 6.62. The summed E-state index contributed by atoms with van der Waals surface area (Å²) in [5, 5.41) is 0. The summed E-state index contributed by atoms with van der Waals surface area (Å²) in [6.07, 6.45) is 24.1. The van der Waals surface area contributed by atoms with E-state index in [1.54, 1.807) is 0 Å². The fourth-order valence-electron chi connectivity index (χ4n) is 2.30. The molecular formula is C22H39NO2. The van der Waals surface area contributed by atoms with Crippen LogP contribution in [0.5, 0.6) is 0 Å². The van der Waals surface area contributed by atoms with Gasteiger partial charge in [0.05, 0.1) is 0 Å². The third-order valence-corrected chi connectivity index (χ3v) is 3.83. The second-order valence-electron chi connectivity index (χ2n) is 6.62. The number of esters is 1. The molecule has 3 heteroatoms. The highest BCUT2D eigenvalue weighted by atomic mass is 16.5. The van der Waals surface area contributed by atoms with E-state index < -0.39 is 0 Å². The number of ether oxygens (including phenoxy) is 1. The molecule has 0 unspecified atom stereocenters. The molecule has 0 atom stereocenters. The smallest absolute Gasteiger partial charge is 0.305 e. The van der Waals surface area contributed by atoms with E-state index >= 15 is 0 Å². The number of hydrogen-bond donors (Lipinski definition) is 0. The van der Waals surface area contributed by atoms with Crippen molar-refractivity contribution in [3.8, 4) is 0 Å². The predicted octanol–water partition coefficient (Wildman–Crippen LogP) is 5.68. The minimum atomic E-state index is -0.0528. The van der Waals surface area contributed by atoms with Crippen molar-refractivity contribution in [2.24, 2.45) is 0 Å². The molecule has 0 aliphatic rings. The number of carbonyl (C=O) groups excluding carboxylic acids is 1. The normalized spacial score (nSPS) is 12.2. The van der Waals surface area contributed by atoms with E-state index in [4.69, 9.17) is 4.74 Å². The Balaban J connectivity index is 3.31. The van der Waals surface area contributed by atoms with Gasteiger partial charge in [0.1, 0.15) is 6.61 Å². The zero-order valence-corrected chi connectivity index (χ0v) is 16.7. The van der Waals surface area contributed by atoms with Crippen molar-refractivity contribution in [2.75, 3.05) is 27.2 Å². The third kappa shape index (κ3) is 20.6. The maximum atomic E-state index is 11.5. The monoisotopic (exact) mass is 349 g/mol. The van der Waals surface area contributed by atoms with E-state index in [1.807, 2.05) is 19.0 Å². The van der Waals surface area contributed by atoms with Crippen LogP contribution < -0.4 is 0 Å². The summed E-state index contributed by atoms with van der Waals surface area (Å²) in [6, 6.07) is 0. The molecule has 0 fully saturated rings. The van der Waals surface area contributed by atoms with E-state index in [-0.39, 0.29) is 5.97 Å². The fraction of sp³-hybridized carbons (Fsp3) is 0.682. The molecule has 0 aromatic heterocycles. The van der Waals surface area contributed by atoms with Crippen LogP contribution in [-0.2, 0) is 9.53 Å². The van der Waals surface area contributed by atoms with Crippen molar-refractivity contribution < 1.29 is 9.53 Å². The Morgan fingerprint density at radius 3 is 2.12 bits per heavy atom. The fourth-order valence-corrected chi connectivity index (χ4v) is 2.30. The first-order valence-corrected chi connectivity index (χ1v) is 9.92. The molecule has 0 aliphatic carbocycles. The van der Waals surface area contributed by atoms with Gasteiger partial charge in [0.25, 0.3) is 0 Å².